The normalized spacial score (nSPS) is 26.0. The third kappa shape index (κ3) is 3.45. The highest BCUT2D eigenvalue weighted by Crippen LogP contribution is 2.31. The second-order valence-electron chi connectivity index (χ2n) is 4.21. The molecule has 0 heterocycles. The molecule has 112 valence electrons. The third-order valence-electron chi connectivity index (χ3n) is 2.67. The summed E-state index contributed by atoms with van der Waals surface area (Å²) in [6, 6.07) is -1.21. The SMILES string of the molecule is COC1(S(=O)(=O)O)C=C(Cl)C=CC1NC(=O)CC(C)=O. The van der Waals surface area contributed by atoms with E-state index >= 15 is 0 Å². The number of carbonyl (C=O) groups excluding carboxylic acids is 2. The van der Waals surface area contributed by atoms with Crippen molar-refractivity contribution in [1.82, 2.24) is 5.32 Å². The van der Waals surface area contributed by atoms with Gasteiger partial charge in [0.15, 0.2) is 0 Å². The molecule has 0 bridgehead atoms. The van der Waals surface area contributed by atoms with E-state index < -0.39 is 33.4 Å². The summed E-state index contributed by atoms with van der Waals surface area (Å²) in [4.78, 5) is 20.2. The Morgan fingerprint density at radius 3 is 2.60 bits per heavy atom. The molecule has 0 aromatic heterocycles. The quantitative estimate of drug-likeness (QED) is 0.559. The number of rotatable bonds is 5. The first-order chi connectivity index (χ1) is 9.12. The zero-order valence-corrected chi connectivity index (χ0v) is 12.4. The highest BCUT2D eigenvalue weighted by molar-refractivity contribution is 7.87. The van der Waals surface area contributed by atoms with Crippen molar-refractivity contribution >= 4 is 33.4 Å². The van der Waals surface area contributed by atoms with Crippen LogP contribution in [0.4, 0.5) is 0 Å². The number of hydrogen-bond acceptors (Lipinski definition) is 5. The van der Waals surface area contributed by atoms with Gasteiger partial charge in [0.05, 0.1) is 12.5 Å². The van der Waals surface area contributed by atoms with Crippen molar-refractivity contribution in [3.63, 3.8) is 0 Å². The van der Waals surface area contributed by atoms with Crippen LogP contribution in [0.2, 0.25) is 0 Å². The van der Waals surface area contributed by atoms with Gasteiger partial charge in [-0.15, -0.1) is 0 Å². The molecule has 7 nitrogen and oxygen atoms in total. The average Bonchev–Trinajstić information content (AvgIpc) is 2.28. The number of methoxy groups -OCH3 is 1. The lowest BCUT2D eigenvalue weighted by Crippen LogP contribution is -2.57. The maximum Gasteiger partial charge on any atom is 0.301 e. The summed E-state index contributed by atoms with van der Waals surface area (Å²) < 4.78 is 37.4. The maximum absolute atomic E-state index is 11.6. The first-order valence-electron chi connectivity index (χ1n) is 5.50. The molecule has 1 rings (SSSR count). The Kier molecular flexibility index (Phi) is 5.09. The number of Topliss-reactive ketones (excluding diaryl/α,β-unsaturated/α-hetero) is 1. The first kappa shape index (κ1) is 16.8. The molecule has 0 aliphatic heterocycles. The van der Waals surface area contributed by atoms with E-state index in [9.17, 15) is 22.6 Å². The van der Waals surface area contributed by atoms with Crippen molar-refractivity contribution < 1.29 is 27.3 Å². The molecule has 9 heteroatoms. The highest BCUT2D eigenvalue weighted by atomic mass is 35.5. The van der Waals surface area contributed by atoms with Crippen molar-refractivity contribution in [2.45, 2.75) is 24.3 Å². The van der Waals surface area contributed by atoms with Gasteiger partial charge in [-0.05, 0) is 19.1 Å². The predicted octanol–water partition coefficient (Wildman–Crippen LogP) is 0.373. The number of nitrogens with one attached hydrogen (secondary N) is 1. The molecule has 1 aliphatic rings. The number of amides is 1. The first-order valence-corrected chi connectivity index (χ1v) is 7.31. The Labute approximate surface area is 121 Å². The largest absolute Gasteiger partial charge is 0.355 e. The summed E-state index contributed by atoms with van der Waals surface area (Å²) in [5.74, 6) is -1.07. The molecule has 2 unspecified atom stereocenters. The standard InChI is InChI=1S/C11H14ClNO6S/c1-7(14)5-10(15)13-9-4-3-8(12)6-11(9,19-2)20(16,17)18/h3-4,6,9H,5H2,1-2H3,(H,13,15)(H,16,17,18). The molecule has 1 amide bonds. The molecule has 2 N–H and O–H groups in total. The van der Waals surface area contributed by atoms with Crippen LogP contribution in [0.1, 0.15) is 13.3 Å². The van der Waals surface area contributed by atoms with Gasteiger partial charge < -0.3 is 10.1 Å². The van der Waals surface area contributed by atoms with Gasteiger partial charge in [-0.1, -0.05) is 17.7 Å². The molecule has 0 aromatic rings. The summed E-state index contributed by atoms with van der Waals surface area (Å²) in [5, 5.41) is 2.33. The van der Waals surface area contributed by atoms with E-state index in [0.717, 1.165) is 13.2 Å². The van der Waals surface area contributed by atoms with Gasteiger partial charge in [0, 0.05) is 12.1 Å². The molecular formula is C11H14ClNO6S. The molecule has 2 atom stereocenters. The van der Waals surface area contributed by atoms with Crippen LogP contribution >= 0.6 is 11.6 Å². The molecule has 0 aromatic carbocycles. The molecule has 20 heavy (non-hydrogen) atoms. The van der Waals surface area contributed by atoms with E-state index in [2.05, 4.69) is 5.32 Å². The summed E-state index contributed by atoms with van der Waals surface area (Å²) >= 11 is 5.72. The maximum atomic E-state index is 11.6. The van der Waals surface area contributed by atoms with Crippen molar-refractivity contribution in [3.8, 4) is 0 Å². The minimum Gasteiger partial charge on any atom is -0.355 e. The molecule has 0 fully saturated rings. The van der Waals surface area contributed by atoms with E-state index in [1.54, 1.807) is 0 Å². The van der Waals surface area contributed by atoms with Gasteiger partial charge in [-0.25, -0.2) is 0 Å². The van der Waals surface area contributed by atoms with Crippen molar-refractivity contribution in [1.29, 1.82) is 0 Å². The van der Waals surface area contributed by atoms with Gasteiger partial charge in [0.1, 0.15) is 5.78 Å². The van der Waals surface area contributed by atoms with Crippen LogP contribution in [0, 0.1) is 0 Å². The van der Waals surface area contributed by atoms with E-state index in [4.69, 9.17) is 16.3 Å². The topological polar surface area (TPSA) is 110 Å². The monoisotopic (exact) mass is 323 g/mol. The Morgan fingerprint density at radius 1 is 1.55 bits per heavy atom. The Morgan fingerprint density at radius 2 is 2.15 bits per heavy atom. The van der Waals surface area contributed by atoms with Gasteiger partial charge in [-0.2, -0.15) is 8.42 Å². The van der Waals surface area contributed by atoms with Crippen LogP contribution < -0.4 is 5.32 Å². The van der Waals surface area contributed by atoms with Crippen LogP contribution in [0.3, 0.4) is 0 Å². The predicted molar refractivity (Wildman–Crippen MR) is 71.6 cm³/mol. The minimum atomic E-state index is -4.73. The number of hydrogen-bond donors (Lipinski definition) is 2. The Bertz CT molecular complexity index is 582. The number of allylic oxidation sites excluding steroid dienone is 2. The second-order valence-corrected chi connectivity index (χ2v) is 6.24. The molecule has 1 aliphatic carbocycles. The molecule has 0 saturated carbocycles. The summed E-state index contributed by atoms with van der Waals surface area (Å²) in [6.45, 7) is 1.22. The fourth-order valence-corrected chi connectivity index (χ4v) is 3.02. The Hall–Kier alpha value is -1.22. The lowest BCUT2D eigenvalue weighted by atomic mass is 10.0. The number of ketones is 1. The van der Waals surface area contributed by atoms with E-state index in [1.807, 2.05) is 0 Å². The van der Waals surface area contributed by atoms with Crippen molar-refractivity contribution in [2.24, 2.45) is 0 Å². The van der Waals surface area contributed by atoms with E-state index in [1.165, 1.54) is 19.1 Å². The van der Waals surface area contributed by atoms with Crippen molar-refractivity contribution in [3.05, 3.63) is 23.3 Å². The van der Waals surface area contributed by atoms with E-state index in [0.29, 0.717) is 0 Å². The van der Waals surface area contributed by atoms with Crippen LogP contribution in [0.25, 0.3) is 0 Å². The Balaban J connectivity index is 3.14. The molecular weight excluding hydrogens is 310 g/mol. The van der Waals surface area contributed by atoms with Crippen molar-refractivity contribution in [2.75, 3.05) is 7.11 Å². The fraction of sp³-hybridized carbons (Fsp3) is 0.455. The summed E-state index contributed by atoms with van der Waals surface area (Å²) in [6.07, 6.45) is 3.18. The lowest BCUT2D eigenvalue weighted by Gasteiger charge is -2.35. The van der Waals surface area contributed by atoms with Gasteiger partial charge in [-0.3, -0.25) is 14.1 Å². The second kappa shape index (κ2) is 6.04. The minimum absolute atomic E-state index is 0.0292. The number of carbonyl (C=O) groups is 2. The summed E-state index contributed by atoms with van der Waals surface area (Å²) in [7, 11) is -3.67. The van der Waals surface area contributed by atoms with Gasteiger partial charge >= 0.3 is 10.1 Å². The van der Waals surface area contributed by atoms with Crippen LogP contribution in [0.15, 0.2) is 23.3 Å². The number of halogens is 1. The smallest absolute Gasteiger partial charge is 0.301 e. The van der Waals surface area contributed by atoms with Crippen LogP contribution in [-0.4, -0.2) is 42.7 Å². The molecule has 0 saturated heterocycles. The zero-order valence-electron chi connectivity index (χ0n) is 10.8. The third-order valence-corrected chi connectivity index (χ3v) is 4.25. The van der Waals surface area contributed by atoms with Crippen LogP contribution in [-0.2, 0) is 24.4 Å². The average molecular weight is 324 g/mol. The summed E-state index contributed by atoms with van der Waals surface area (Å²) in [5.41, 5.74) is 0. The highest BCUT2D eigenvalue weighted by Gasteiger charge is 2.50. The van der Waals surface area contributed by atoms with Gasteiger partial charge in [0.25, 0.3) is 0 Å². The zero-order chi connectivity index (χ0) is 15.6. The van der Waals surface area contributed by atoms with Crippen LogP contribution in [0.5, 0.6) is 0 Å². The van der Waals surface area contributed by atoms with E-state index in [-0.39, 0.29) is 10.8 Å². The number of ether oxygens (including phenoxy) is 1. The molecule has 0 radical (unpaired) electrons. The molecule has 0 spiro atoms. The fourth-order valence-electron chi connectivity index (χ4n) is 1.78. The lowest BCUT2D eigenvalue weighted by molar-refractivity contribution is -0.128. The van der Waals surface area contributed by atoms with Gasteiger partial charge in [0.2, 0.25) is 10.8 Å².